The Morgan fingerprint density at radius 1 is 1.32 bits per heavy atom. The Labute approximate surface area is 122 Å². The van der Waals surface area contributed by atoms with E-state index in [9.17, 15) is 4.39 Å². The SMILES string of the molecule is Cc1ncc2c(I)nn(Cc3ccccc3F)c2n1. The molecule has 96 valence electrons. The predicted molar refractivity (Wildman–Crippen MR) is 78.3 cm³/mol. The summed E-state index contributed by atoms with van der Waals surface area (Å²) in [6, 6.07) is 6.70. The van der Waals surface area contributed by atoms with Crippen LogP contribution in [0.5, 0.6) is 0 Å². The molecule has 3 aromatic rings. The Kier molecular flexibility index (Phi) is 3.17. The monoisotopic (exact) mass is 368 g/mol. The molecule has 4 nitrogen and oxygen atoms in total. The van der Waals surface area contributed by atoms with Crippen molar-refractivity contribution in [3.05, 3.63) is 51.4 Å². The lowest BCUT2D eigenvalue weighted by atomic mass is 10.2. The molecule has 1 aromatic carbocycles. The summed E-state index contributed by atoms with van der Waals surface area (Å²) in [7, 11) is 0. The molecule has 0 N–H and O–H groups in total. The maximum Gasteiger partial charge on any atom is 0.162 e. The number of halogens is 2. The fraction of sp³-hybridized carbons (Fsp3) is 0.154. The van der Waals surface area contributed by atoms with E-state index in [0.717, 1.165) is 14.7 Å². The third kappa shape index (κ3) is 2.32. The lowest BCUT2D eigenvalue weighted by Gasteiger charge is -2.04. The Balaban J connectivity index is 2.11. The first-order chi connectivity index (χ1) is 9.15. The predicted octanol–water partition coefficient (Wildman–Crippen LogP) is 2.93. The van der Waals surface area contributed by atoms with E-state index >= 15 is 0 Å². The second kappa shape index (κ2) is 4.84. The minimum absolute atomic E-state index is 0.230. The van der Waals surface area contributed by atoms with Gasteiger partial charge in [0.2, 0.25) is 0 Å². The first-order valence-electron chi connectivity index (χ1n) is 5.74. The molecular weight excluding hydrogens is 358 g/mol. The van der Waals surface area contributed by atoms with Crippen molar-refractivity contribution in [3.8, 4) is 0 Å². The molecule has 19 heavy (non-hydrogen) atoms. The van der Waals surface area contributed by atoms with E-state index in [1.165, 1.54) is 6.07 Å². The molecule has 0 bridgehead atoms. The van der Waals surface area contributed by atoms with Crippen molar-refractivity contribution in [2.75, 3.05) is 0 Å². The molecule has 0 unspecified atom stereocenters. The molecule has 0 aliphatic heterocycles. The standard InChI is InChI=1S/C13H10FIN4/c1-8-16-6-10-12(15)18-19(13(10)17-8)7-9-4-2-3-5-11(9)14/h2-6H,7H2,1H3. The van der Waals surface area contributed by atoms with Crippen molar-refractivity contribution < 1.29 is 4.39 Å². The summed E-state index contributed by atoms with van der Waals surface area (Å²) in [6.07, 6.45) is 1.75. The van der Waals surface area contributed by atoms with Crippen molar-refractivity contribution in [1.29, 1.82) is 0 Å². The molecule has 0 aliphatic carbocycles. The third-order valence-corrected chi connectivity index (χ3v) is 3.64. The van der Waals surface area contributed by atoms with Crippen LogP contribution >= 0.6 is 22.6 Å². The van der Waals surface area contributed by atoms with Gasteiger partial charge in [-0.05, 0) is 35.6 Å². The zero-order valence-electron chi connectivity index (χ0n) is 10.1. The maximum atomic E-state index is 13.7. The van der Waals surface area contributed by atoms with Crippen molar-refractivity contribution >= 4 is 33.6 Å². The summed E-state index contributed by atoms with van der Waals surface area (Å²) in [5, 5.41) is 5.29. The van der Waals surface area contributed by atoms with Crippen LogP contribution in [0.2, 0.25) is 0 Å². The normalized spacial score (nSPS) is 11.1. The number of hydrogen-bond donors (Lipinski definition) is 0. The Hall–Kier alpha value is -1.57. The van der Waals surface area contributed by atoms with Crippen LogP contribution in [0.1, 0.15) is 11.4 Å². The van der Waals surface area contributed by atoms with Gasteiger partial charge in [0.15, 0.2) is 5.65 Å². The second-order valence-corrected chi connectivity index (χ2v) is 5.22. The number of aromatic nitrogens is 4. The zero-order valence-corrected chi connectivity index (χ0v) is 12.3. The van der Waals surface area contributed by atoms with Crippen LogP contribution in [-0.4, -0.2) is 19.7 Å². The maximum absolute atomic E-state index is 13.7. The largest absolute Gasteiger partial charge is 0.242 e. The minimum atomic E-state index is -0.230. The molecule has 2 heterocycles. The highest BCUT2D eigenvalue weighted by atomic mass is 127. The molecule has 0 aliphatic rings. The van der Waals surface area contributed by atoms with E-state index in [4.69, 9.17) is 0 Å². The molecule has 2 aromatic heterocycles. The second-order valence-electron chi connectivity index (χ2n) is 4.19. The van der Waals surface area contributed by atoms with Gasteiger partial charge in [-0.15, -0.1) is 0 Å². The lowest BCUT2D eigenvalue weighted by molar-refractivity contribution is 0.588. The van der Waals surface area contributed by atoms with Gasteiger partial charge in [0.1, 0.15) is 15.3 Å². The van der Waals surface area contributed by atoms with Gasteiger partial charge in [-0.2, -0.15) is 5.10 Å². The van der Waals surface area contributed by atoms with Gasteiger partial charge < -0.3 is 0 Å². The van der Waals surface area contributed by atoms with Gasteiger partial charge in [0.05, 0.1) is 11.9 Å². The summed E-state index contributed by atoms with van der Waals surface area (Å²) in [5.74, 6) is 0.450. The molecule has 0 radical (unpaired) electrons. The number of fused-ring (bicyclic) bond motifs is 1. The first kappa shape index (κ1) is 12.5. The highest BCUT2D eigenvalue weighted by Crippen LogP contribution is 2.19. The number of aryl methyl sites for hydroxylation is 1. The van der Waals surface area contributed by atoms with E-state index in [2.05, 4.69) is 37.7 Å². The van der Waals surface area contributed by atoms with E-state index in [1.54, 1.807) is 23.0 Å². The molecule has 0 atom stereocenters. The van der Waals surface area contributed by atoms with Crippen LogP contribution in [-0.2, 0) is 6.54 Å². The number of rotatable bonds is 2. The Morgan fingerprint density at radius 2 is 2.11 bits per heavy atom. The fourth-order valence-corrected chi connectivity index (χ4v) is 2.55. The highest BCUT2D eigenvalue weighted by molar-refractivity contribution is 14.1. The molecular formula is C13H10FIN4. The molecule has 0 amide bonds. The van der Waals surface area contributed by atoms with E-state index in [-0.39, 0.29) is 5.82 Å². The average molecular weight is 368 g/mol. The van der Waals surface area contributed by atoms with Gasteiger partial charge >= 0.3 is 0 Å². The summed E-state index contributed by atoms with van der Waals surface area (Å²) in [6.45, 7) is 2.19. The van der Waals surface area contributed by atoms with Crippen LogP contribution in [0.15, 0.2) is 30.5 Å². The van der Waals surface area contributed by atoms with Crippen LogP contribution in [0, 0.1) is 16.4 Å². The quantitative estimate of drug-likeness (QED) is 0.654. The van der Waals surface area contributed by atoms with Gasteiger partial charge in [-0.3, -0.25) is 0 Å². The van der Waals surface area contributed by atoms with Gasteiger partial charge in [0, 0.05) is 11.8 Å². The molecule has 0 spiro atoms. The van der Waals surface area contributed by atoms with Crippen LogP contribution < -0.4 is 0 Å². The van der Waals surface area contributed by atoms with Gasteiger partial charge in [0.25, 0.3) is 0 Å². The summed E-state index contributed by atoms with van der Waals surface area (Å²) >= 11 is 2.14. The lowest BCUT2D eigenvalue weighted by Crippen LogP contribution is -2.05. The third-order valence-electron chi connectivity index (χ3n) is 2.84. The van der Waals surface area contributed by atoms with Crippen LogP contribution in [0.4, 0.5) is 4.39 Å². The minimum Gasteiger partial charge on any atom is -0.242 e. The van der Waals surface area contributed by atoms with E-state index in [1.807, 2.05) is 13.0 Å². The molecule has 0 fully saturated rings. The Morgan fingerprint density at radius 3 is 2.89 bits per heavy atom. The van der Waals surface area contributed by atoms with Crippen molar-refractivity contribution in [2.24, 2.45) is 0 Å². The Bertz CT molecular complexity index is 753. The average Bonchev–Trinajstić information content (AvgIpc) is 2.69. The molecule has 0 saturated carbocycles. The van der Waals surface area contributed by atoms with Gasteiger partial charge in [-0.1, -0.05) is 18.2 Å². The van der Waals surface area contributed by atoms with E-state index in [0.29, 0.717) is 17.9 Å². The number of nitrogens with zero attached hydrogens (tertiary/aromatic N) is 4. The molecule has 3 rings (SSSR count). The highest BCUT2D eigenvalue weighted by Gasteiger charge is 2.12. The fourth-order valence-electron chi connectivity index (χ4n) is 1.91. The van der Waals surface area contributed by atoms with E-state index < -0.39 is 0 Å². The number of benzene rings is 1. The summed E-state index contributed by atoms with van der Waals surface area (Å²) < 4.78 is 16.2. The number of hydrogen-bond acceptors (Lipinski definition) is 3. The van der Waals surface area contributed by atoms with Crippen molar-refractivity contribution in [1.82, 2.24) is 19.7 Å². The van der Waals surface area contributed by atoms with Crippen LogP contribution in [0.25, 0.3) is 11.0 Å². The van der Waals surface area contributed by atoms with Gasteiger partial charge in [-0.25, -0.2) is 19.0 Å². The molecule has 6 heteroatoms. The molecule has 0 saturated heterocycles. The summed E-state index contributed by atoms with van der Waals surface area (Å²) in [4.78, 5) is 8.55. The van der Waals surface area contributed by atoms with Crippen molar-refractivity contribution in [3.63, 3.8) is 0 Å². The zero-order chi connectivity index (χ0) is 13.4. The summed E-state index contributed by atoms with van der Waals surface area (Å²) in [5.41, 5.74) is 1.33. The first-order valence-corrected chi connectivity index (χ1v) is 6.82. The van der Waals surface area contributed by atoms with Crippen LogP contribution in [0.3, 0.4) is 0 Å². The smallest absolute Gasteiger partial charge is 0.162 e. The topological polar surface area (TPSA) is 43.6 Å². The van der Waals surface area contributed by atoms with Crippen molar-refractivity contribution in [2.45, 2.75) is 13.5 Å².